The monoisotopic (exact) mass is 343 g/mol. The number of pyridine rings is 1. The molecular formula is C14H22BrN3O2. The molecule has 0 saturated carbocycles. The second kappa shape index (κ2) is 7.59. The van der Waals surface area contributed by atoms with E-state index >= 15 is 0 Å². The smallest absolute Gasteiger partial charge is 0.407 e. The molecular weight excluding hydrogens is 322 g/mol. The first-order chi connectivity index (χ1) is 9.28. The lowest BCUT2D eigenvalue weighted by Crippen LogP contribution is -2.37. The number of carbonyl (C=O) groups is 1. The summed E-state index contributed by atoms with van der Waals surface area (Å²) >= 11 is 3.35. The van der Waals surface area contributed by atoms with Gasteiger partial charge >= 0.3 is 6.09 Å². The first kappa shape index (κ1) is 16.9. The molecule has 20 heavy (non-hydrogen) atoms. The standard InChI is InChI=1S/C14H22BrN3O2/c1-10(12-6-5-11(15)9-18-12)16-7-8-17-13(19)20-14(2,3)4/h5-6,9-10,16H,7-8H2,1-4H3,(H,17,19)/t10-/m0/s1. The maximum Gasteiger partial charge on any atom is 0.407 e. The fourth-order valence-corrected chi connectivity index (χ4v) is 1.75. The summed E-state index contributed by atoms with van der Waals surface area (Å²) in [5, 5.41) is 5.99. The SMILES string of the molecule is C[C@H](NCCNC(=O)OC(C)(C)C)c1ccc(Br)cn1. The van der Waals surface area contributed by atoms with E-state index in [1.54, 1.807) is 6.20 Å². The Morgan fingerprint density at radius 1 is 1.40 bits per heavy atom. The Hall–Kier alpha value is -1.14. The van der Waals surface area contributed by atoms with Crippen molar-refractivity contribution in [1.82, 2.24) is 15.6 Å². The Labute approximate surface area is 128 Å². The number of ether oxygens (including phenoxy) is 1. The van der Waals surface area contributed by atoms with Crippen LogP contribution in [0.4, 0.5) is 4.79 Å². The summed E-state index contributed by atoms with van der Waals surface area (Å²) in [6.45, 7) is 8.71. The van der Waals surface area contributed by atoms with E-state index in [9.17, 15) is 4.79 Å². The molecule has 0 bridgehead atoms. The molecule has 2 N–H and O–H groups in total. The summed E-state index contributed by atoms with van der Waals surface area (Å²) in [6, 6.07) is 4.05. The highest BCUT2D eigenvalue weighted by atomic mass is 79.9. The third kappa shape index (κ3) is 6.86. The Morgan fingerprint density at radius 2 is 2.10 bits per heavy atom. The lowest BCUT2D eigenvalue weighted by Gasteiger charge is -2.20. The molecule has 0 fully saturated rings. The van der Waals surface area contributed by atoms with Crippen molar-refractivity contribution in [2.75, 3.05) is 13.1 Å². The number of rotatable bonds is 5. The minimum atomic E-state index is -0.466. The average Bonchev–Trinajstić information content (AvgIpc) is 2.33. The van der Waals surface area contributed by atoms with Crippen molar-refractivity contribution in [3.05, 3.63) is 28.5 Å². The normalized spacial score (nSPS) is 12.8. The predicted molar refractivity (Wildman–Crippen MR) is 82.6 cm³/mol. The molecule has 5 nitrogen and oxygen atoms in total. The number of carbonyl (C=O) groups excluding carboxylic acids is 1. The quantitative estimate of drug-likeness (QED) is 0.806. The third-order valence-corrected chi connectivity index (χ3v) is 2.91. The van der Waals surface area contributed by atoms with Crippen LogP contribution in [0, 0.1) is 0 Å². The van der Waals surface area contributed by atoms with Gasteiger partial charge in [-0.05, 0) is 55.8 Å². The molecule has 1 heterocycles. The summed E-state index contributed by atoms with van der Waals surface area (Å²) < 4.78 is 6.11. The van der Waals surface area contributed by atoms with E-state index < -0.39 is 11.7 Å². The van der Waals surface area contributed by atoms with Crippen LogP contribution in [0.15, 0.2) is 22.8 Å². The largest absolute Gasteiger partial charge is 0.444 e. The number of alkyl carbamates (subject to hydrolysis) is 1. The molecule has 6 heteroatoms. The molecule has 1 atom stereocenters. The van der Waals surface area contributed by atoms with Gasteiger partial charge in [0.05, 0.1) is 5.69 Å². The van der Waals surface area contributed by atoms with Crippen molar-refractivity contribution >= 4 is 22.0 Å². The van der Waals surface area contributed by atoms with E-state index in [0.717, 1.165) is 10.2 Å². The molecule has 0 spiro atoms. The van der Waals surface area contributed by atoms with Gasteiger partial charge in [-0.25, -0.2) is 4.79 Å². The van der Waals surface area contributed by atoms with Crippen LogP contribution >= 0.6 is 15.9 Å². The highest BCUT2D eigenvalue weighted by Crippen LogP contribution is 2.12. The molecule has 0 unspecified atom stereocenters. The first-order valence-electron chi connectivity index (χ1n) is 6.59. The fourth-order valence-electron chi connectivity index (χ4n) is 1.52. The van der Waals surface area contributed by atoms with E-state index in [4.69, 9.17) is 4.74 Å². The molecule has 1 aromatic heterocycles. The molecule has 0 aliphatic carbocycles. The van der Waals surface area contributed by atoms with Gasteiger partial charge in [-0.15, -0.1) is 0 Å². The minimum absolute atomic E-state index is 0.128. The molecule has 0 radical (unpaired) electrons. The van der Waals surface area contributed by atoms with Gasteiger partial charge in [-0.3, -0.25) is 4.98 Å². The fraction of sp³-hybridized carbons (Fsp3) is 0.571. The number of nitrogens with one attached hydrogen (secondary N) is 2. The number of hydrogen-bond acceptors (Lipinski definition) is 4. The average molecular weight is 344 g/mol. The van der Waals surface area contributed by atoms with E-state index in [1.165, 1.54) is 0 Å². The number of amides is 1. The molecule has 1 amide bonds. The topological polar surface area (TPSA) is 63.2 Å². The van der Waals surface area contributed by atoms with Gasteiger partial charge in [-0.1, -0.05) is 0 Å². The van der Waals surface area contributed by atoms with Crippen LogP contribution in [0.5, 0.6) is 0 Å². The van der Waals surface area contributed by atoms with Crippen molar-refractivity contribution in [2.45, 2.75) is 39.3 Å². The summed E-state index contributed by atoms with van der Waals surface area (Å²) in [7, 11) is 0. The van der Waals surface area contributed by atoms with E-state index in [1.807, 2.05) is 39.8 Å². The van der Waals surface area contributed by atoms with Crippen molar-refractivity contribution in [3.63, 3.8) is 0 Å². The molecule has 1 aromatic rings. The van der Waals surface area contributed by atoms with Gasteiger partial charge < -0.3 is 15.4 Å². The number of hydrogen-bond donors (Lipinski definition) is 2. The van der Waals surface area contributed by atoms with Gasteiger partial charge in [0.15, 0.2) is 0 Å². The second-order valence-corrected chi connectivity index (χ2v) is 6.42. The van der Waals surface area contributed by atoms with Crippen LogP contribution < -0.4 is 10.6 Å². The molecule has 0 aromatic carbocycles. The summed E-state index contributed by atoms with van der Waals surface area (Å²) in [5.41, 5.74) is 0.497. The van der Waals surface area contributed by atoms with E-state index in [-0.39, 0.29) is 6.04 Å². The maximum atomic E-state index is 11.4. The van der Waals surface area contributed by atoms with Crippen molar-refractivity contribution in [2.24, 2.45) is 0 Å². The number of nitrogens with zero attached hydrogens (tertiary/aromatic N) is 1. The van der Waals surface area contributed by atoms with Crippen LogP contribution in [-0.2, 0) is 4.74 Å². The van der Waals surface area contributed by atoms with E-state index in [0.29, 0.717) is 13.1 Å². The predicted octanol–water partition coefficient (Wildman–Crippen LogP) is 3.02. The number of aromatic nitrogens is 1. The lowest BCUT2D eigenvalue weighted by atomic mass is 10.2. The Bertz CT molecular complexity index is 429. The van der Waals surface area contributed by atoms with Crippen LogP contribution in [-0.4, -0.2) is 29.8 Å². The van der Waals surface area contributed by atoms with Gasteiger partial charge in [0.1, 0.15) is 5.60 Å². The first-order valence-corrected chi connectivity index (χ1v) is 7.39. The second-order valence-electron chi connectivity index (χ2n) is 5.51. The number of halogens is 1. The highest BCUT2D eigenvalue weighted by molar-refractivity contribution is 9.10. The Kier molecular flexibility index (Phi) is 6.42. The van der Waals surface area contributed by atoms with Gasteiger partial charge in [0, 0.05) is 29.8 Å². The van der Waals surface area contributed by atoms with Crippen molar-refractivity contribution < 1.29 is 9.53 Å². The minimum Gasteiger partial charge on any atom is -0.444 e. The molecule has 0 aliphatic heterocycles. The van der Waals surface area contributed by atoms with Gasteiger partial charge in [0.25, 0.3) is 0 Å². The van der Waals surface area contributed by atoms with Crippen LogP contribution in [0.2, 0.25) is 0 Å². The lowest BCUT2D eigenvalue weighted by molar-refractivity contribution is 0.0528. The Balaban J connectivity index is 2.24. The summed E-state index contributed by atoms with van der Waals surface area (Å²) in [5.74, 6) is 0. The van der Waals surface area contributed by atoms with Crippen molar-refractivity contribution in [3.8, 4) is 0 Å². The zero-order valence-corrected chi connectivity index (χ0v) is 14.0. The van der Waals surface area contributed by atoms with Gasteiger partial charge in [0.2, 0.25) is 0 Å². The summed E-state index contributed by atoms with van der Waals surface area (Å²) in [6.07, 6.45) is 1.38. The molecule has 0 saturated heterocycles. The van der Waals surface area contributed by atoms with E-state index in [2.05, 4.69) is 31.5 Å². The van der Waals surface area contributed by atoms with Crippen LogP contribution in [0.3, 0.4) is 0 Å². The third-order valence-electron chi connectivity index (χ3n) is 2.44. The summed E-state index contributed by atoms with van der Waals surface area (Å²) in [4.78, 5) is 15.8. The van der Waals surface area contributed by atoms with Crippen LogP contribution in [0.25, 0.3) is 0 Å². The molecule has 112 valence electrons. The zero-order valence-electron chi connectivity index (χ0n) is 12.4. The highest BCUT2D eigenvalue weighted by Gasteiger charge is 2.15. The van der Waals surface area contributed by atoms with Crippen molar-refractivity contribution in [1.29, 1.82) is 0 Å². The maximum absolute atomic E-state index is 11.4. The van der Waals surface area contributed by atoms with Gasteiger partial charge in [-0.2, -0.15) is 0 Å². The molecule has 1 rings (SSSR count). The van der Waals surface area contributed by atoms with Crippen LogP contribution in [0.1, 0.15) is 39.4 Å². The Morgan fingerprint density at radius 3 is 2.65 bits per heavy atom. The molecule has 0 aliphatic rings. The zero-order chi connectivity index (χ0) is 15.2.